The van der Waals surface area contributed by atoms with Crippen molar-refractivity contribution in [2.45, 2.75) is 0 Å². The first-order valence-electron chi connectivity index (χ1n) is 9.26. The number of carbonyl (C=O) groups is 1. The summed E-state index contributed by atoms with van der Waals surface area (Å²) < 4.78 is 3.88. The van der Waals surface area contributed by atoms with Crippen LogP contribution in [-0.4, -0.2) is 22.1 Å². The van der Waals surface area contributed by atoms with Crippen LogP contribution in [0.4, 0.5) is 0 Å². The van der Waals surface area contributed by atoms with Crippen molar-refractivity contribution in [3.8, 4) is 0 Å². The normalized spacial score (nSPS) is 11.1. The first-order valence-corrected chi connectivity index (χ1v) is 17.8. The van der Waals surface area contributed by atoms with Gasteiger partial charge in [0.15, 0.2) is 0 Å². The molecule has 0 aromatic heterocycles. The summed E-state index contributed by atoms with van der Waals surface area (Å²) in [6, 6.07) is 41.4. The van der Waals surface area contributed by atoms with Gasteiger partial charge in [-0.15, -0.1) is 0 Å². The van der Waals surface area contributed by atoms with E-state index in [0.29, 0.717) is 0 Å². The molecule has 0 aliphatic rings. The van der Waals surface area contributed by atoms with Gasteiger partial charge in [-0.1, -0.05) is 0 Å². The van der Waals surface area contributed by atoms with E-state index in [1.54, 1.807) is 8.95 Å². The molecule has 0 amide bonds. The van der Waals surface area contributed by atoms with Crippen LogP contribution in [0.25, 0.3) is 0 Å². The number of hydrogen-bond acceptors (Lipinski definition) is 2. The van der Waals surface area contributed by atoms with Gasteiger partial charge in [-0.3, -0.25) is 0 Å². The average molecular weight is 487 g/mol. The summed E-state index contributed by atoms with van der Waals surface area (Å²) in [6.07, 6.45) is 0. The van der Waals surface area contributed by atoms with E-state index < -0.39 is 17.0 Å². The third-order valence-corrected chi connectivity index (χ3v) is 24.3. The van der Waals surface area contributed by atoms with Crippen molar-refractivity contribution in [1.29, 1.82) is 0 Å². The van der Waals surface area contributed by atoms with E-state index in [4.69, 9.17) is 0 Å². The Morgan fingerprint density at radius 3 is 1.18 bits per heavy atom. The molecule has 0 unspecified atom stereocenters. The minimum atomic E-state index is -3.61. The van der Waals surface area contributed by atoms with Gasteiger partial charge in [-0.05, 0) is 0 Å². The zero-order chi connectivity index (χ0) is 19.2. The van der Waals surface area contributed by atoms with Gasteiger partial charge in [0.25, 0.3) is 0 Å². The summed E-state index contributed by atoms with van der Waals surface area (Å²) in [4.78, 5) is 13.4. The molecule has 1 nitrogen and oxygen atoms in total. The Kier molecular flexibility index (Phi) is 5.98. The van der Waals surface area contributed by atoms with Gasteiger partial charge < -0.3 is 0 Å². The molecule has 4 aromatic carbocycles. The van der Waals surface area contributed by atoms with Gasteiger partial charge in [-0.25, -0.2) is 0 Å². The Labute approximate surface area is 172 Å². The van der Waals surface area contributed by atoms with Gasteiger partial charge in [0.05, 0.1) is 0 Å². The Morgan fingerprint density at radius 1 is 0.500 bits per heavy atom. The molecule has 0 heterocycles. The number of carbonyl (C=O) groups excluding carboxylic acids is 1. The Balaban J connectivity index is 1.95. The molecule has 3 heteroatoms. The first-order chi connectivity index (χ1) is 13.8. The second-order valence-corrected chi connectivity index (χ2v) is 21.8. The van der Waals surface area contributed by atoms with E-state index in [1.807, 2.05) is 48.5 Å². The number of hydrogen-bond donors (Lipinski definition) is 0. The Hall–Kier alpha value is -2.30. The molecule has 4 aromatic rings. The molecule has 4 rings (SSSR count). The summed E-state index contributed by atoms with van der Waals surface area (Å²) in [6.45, 7) is 0. The average Bonchev–Trinajstić information content (AvgIpc) is 2.80. The minimum absolute atomic E-state index is 0.146. The second kappa shape index (κ2) is 8.80. The molecule has 0 atom stereocenters. The molecule has 0 fully saturated rings. The van der Waals surface area contributed by atoms with Gasteiger partial charge >= 0.3 is 173 Å². The topological polar surface area (TPSA) is 17.1 Å². The quantitative estimate of drug-likeness (QED) is 0.393. The second-order valence-electron chi connectivity index (χ2n) is 6.53. The predicted molar refractivity (Wildman–Crippen MR) is 122 cm³/mol. The summed E-state index contributed by atoms with van der Waals surface area (Å²) in [5, 5.41) is 0.146. The van der Waals surface area contributed by atoms with Crippen LogP contribution in [0.1, 0.15) is 10.4 Å². The van der Waals surface area contributed by atoms with Crippen molar-refractivity contribution >= 4 is 41.8 Å². The summed E-state index contributed by atoms with van der Waals surface area (Å²) in [5.74, 6) is 0. The van der Waals surface area contributed by atoms with Crippen molar-refractivity contribution in [3.05, 3.63) is 127 Å². The van der Waals surface area contributed by atoms with E-state index in [-0.39, 0.29) is 5.12 Å². The molecule has 0 aliphatic heterocycles. The fourth-order valence-electron chi connectivity index (χ4n) is 3.47. The molecule has 0 saturated carbocycles. The van der Waals surface area contributed by atoms with E-state index in [9.17, 15) is 4.79 Å². The van der Waals surface area contributed by atoms with Gasteiger partial charge in [-0.2, -0.15) is 0 Å². The van der Waals surface area contributed by atoms with Crippen LogP contribution >= 0.6 is 8.95 Å². The molecule has 0 N–H and O–H groups in total. The monoisotopic (exact) mass is 488 g/mol. The van der Waals surface area contributed by atoms with Crippen molar-refractivity contribution in [2.24, 2.45) is 0 Å². The van der Waals surface area contributed by atoms with E-state index in [0.717, 1.165) is 5.56 Å². The van der Waals surface area contributed by atoms with Crippen molar-refractivity contribution in [3.63, 3.8) is 0 Å². The van der Waals surface area contributed by atoms with Gasteiger partial charge in [0.2, 0.25) is 0 Å². The molecule has 0 bridgehead atoms. The molecular weight excluding hydrogens is 467 g/mol. The molecule has 0 aliphatic carbocycles. The summed E-state index contributed by atoms with van der Waals surface area (Å²) >= 11 is -3.61. The van der Waals surface area contributed by atoms with Crippen LogP contribution in [0.3, 0.4) is 0 Å². The standard InChI is InChI=1S/C7H6OS.3C6H5.Sn/c8-7(9)6-4-2-1-3-5-6;3*1-2-4-6-5-3-1;/h1-5H,(H,8,9);3*1-5H;/q;;;;+1/p-1. The fourth-order valence-corrected chi connectivity index (χ4v) is 22.0. The fraction of sp³-hybridized carbons (Fsp3) is 0. The van der Waals surface area contributed by atoms with Gasteiger partial charge in [0.1, 0.15) is 0 Å². The van der Waals surface area contributed by atoms with E-state index >= 15 is 0 Å². The van der Waals surface area contributed by atoms with Crippen LogP contribution in [-0.2, 0) is 0 Å². The molecule has 0 spiro atoms. The van der Waals surface area contributed by atoms with Crippen LogP contribution < -0.4 is 10.7 Å². The van der Waals surface area contributed by atoms with Crippen LogP contribution in [0.2, 0.25) is 0 Å². The summed E-state index contributed by atoms with van der Waals surface area (Å²) in [7, 11) is 1.58. The zero-order valence-corrected chi connectivity index (χ0v) is 19.0. The molecule has 28 heavy (non-hydrogen) atoms. The Bertz CT molecular complexity index is 938. The van der Waals surface area contributed by atoms with Crippen molar-refractivity contribution in [1.82, 2.24) is 0 Å². The number of rotatable bonds is 5. The third-order valence-electron chi connectivity index (χ3n) is 4.80. The number of benzene rings is 4. The predicted octanol–water partition coefficient (Wildman–Crippen LogP) is 4.23. The van der Waals surface area contributed by atoms with Crippen molar-refractivity contribution in [2.75, 3.05) is 0 Å². The van der Waals surface area contributed by atoms with Gasteiger partial charge in [0, 0.05) is 0 Å². The Morgan fingerprint density at radius 2 is 0.821 bits per heavy atom. The van der Waals surface area contributed by atoms with Crippen molar-refractivity contribution < 1.29 is 4.79 Å². The molecule has 0 saturated heterocycles. The summed E-state index contributed by atoms with van der Waals surface area (Å²) in [5.41, 5.74) is 0.761. The van der Waals surface area contributed by atoms with E-state index in [2.05, 4.69) is 72.8 Å². The zero-order valence-electron chi connectivity index (χ0n) is 15.4. The molecule has 136 valence electrons. The van der Waals surface area contributed by atoms with Crippen LogP contribution in [0.15, 0.2) is 121 Å². The maximum atomic E-state index is 13.4. The molecular formula is C25H20OSSn. The van der Waals surface area contributed by atoms with Crippen LogP contribution in [0, 0.1) is 0 Å². The SMILES string of the molecule is O=C([S][Sn]([c]1ccccc1)([c]1ccccc1)[c]1ccccc1)c1ccccc1. The van der Waals surface area contributed by atoms with E-state index in [1.165, 1.54) is 10.7 Å². The molecule has 0 radical (unpaired) electrons. The third kappa shape index (κ3) is 3.80. The van der Waals surface area contributed by atoms with Crippen LogP contribution in [0.5, 0.6) is 0 Å². The first kappa shape index (κ1) is 19.0. The maximum absolute atomic E-state index is 13.4.